The van der Waals surface area contributed by atoms with E-state index in [1.807, 2.05) is 18.2 Å². The van der Waals surface area contributed by atoms with Gasteiger partial charge in [0.15, 0.2) is 0 Å². The Morgan fingerprint density at radius 2 is 1.92 bits per heavy atom. The monoisotopic (exact) mass is 351 g/mol. The Balaban J connectivity index is 1.52. The summed E-state index contributed by atoms with van der Waals surface area (Å²) in [6.45, 7) is 3.66. The average Bonchev–Trinajstić information content (AvgIpc) is 2.96. The Labute approximate surface area is 152 Å². The lowest BCUT2D eigenvalue weighted by Gasteiger charge is -2.19. The van der Waals surface area contributed by atoms with Crippen LogP contribution in [0, 0.1) is 5.82 Å². The fourth-order valence-electron chi connectivity index (χ4n) is 3.44. The van der Waals surface area contributed by atoms with E-state index in [-0.39, 0.29) is 5.82 Å². The molecule has 2 aromatic carbocycles. The zero-order valence-electron chi connectivity index (χ0n) is 14.9. The van der Waals surface area contributed by atoms with Crippen LogP contribution in [0.5, 0.6) is 5.75 Å². The predicted octanol–water partition coefficient (Wildman–Crippen LogP) is 4.10. The van der Waals surface area contributed by atoms with Crippen LogP contribution in [0.3, 0.4) is 0 Å². The van der Waals surface area contributed by atoms with Gasteiger partial charge in [-0.05, 0) is 42.3 Å². The summed E-state index contributed by atoms with van der Waals surface area (Å²) < 4.78 is 20.8. The summed E-state index contributed by atoms with van der Waals surface area (Å²) in [5, 5.41) is 4.69. The van der Waals surface area contributed by atoms with Gasteiger partial charge in [-0.1, -0.05) is 24.3 Å². The third-order valence-electron chi connectivity index (χ3n) is 4.78. The maximum Gasteiger partial charge on any atom is 0.123 e. The lowest BCUT2D eigenvalue weighted by molar-refractivity contribution is 0.261. The topological polar surface area (TPSA) is 30.3 Å². The van der Waals surface area contributed by atoms with E-state index in [0.717, 1.165) is 49.6 Å². The van der Waals surface area contributed by atoms with E-state index in [0.29, 0.717) is 0 Å². The van der Waals surface area contributed by atoms with Crippen molar-refractivity contribution in [3.63, 3.8) is 0 Å². The van der Waals surface area contributed by atoms with Crippen LogP contribution in [0.2, 0.25) is 0 Å². The van der Waals surface area contributed by atoms with E-state index >= 15 is 0 Å². The molecule has 0 unspecified atom stereocenters. The molecular weight excluding hydrogens is 329 g/mol. The number of benzene rings is 2. The highest BCUT2D eigenvalue weighted by Crippen LogP contribution is 2.23. The molecule has 0 spiro atoms. The number of halogens is 1. The lowest BCUT2D eigenvalue weighted by atomic mass is 10.1. The van der Waals surface area contributed by atoms with Gasteiger partial charge in [0.2, 0.25) is 0 Å². The molecule has 0 N–H and O–H groups in total. The van der Waals surface area contributed by atoms with E-state index in [1.165, 1.54) is 23.4 Å². The molecule has 1 aromatic heterocycles. The van der Waals surface area contributed by atoms with Gasteiger partial charge in [0, 0.05) is 31.7 Å². The summed E-state index contributed by atoms with van der Waals surface area (Å²) >= 11 is 0. The van der Waals surface area contributed by atoms with Gasteiger partial charge in [0.25, 0.3) is 0 Å². The van der Waals surface area contributed by atoms with Crippen LogP contribution in [-0.4, -0.2) is 28.3 Å². The first-order valence-electron chi connectivity index (χ1n) is 8.89. The van der Waals surface area contributed by atoms with E-state index in [2.05, 4.69) is 27.8 Å². The van der Waals surface area contributed by atoms with Crippen molar-refractivity contribution in [3.8, 4) is 17.0 Å². The minimum Gasteiger partial charge on any atom is -0.497 e. The summed E-state index contributed by atoms with van der Waals surface area (Å²) in [6.07, 6.45) is 1.05. The minimum absolute atomic E-state index is 0.230. The van der Waals surface area contributed by atoms with Gasteiger partial charge in [0.1, 0.15) is 11.6 Å². The summed E-state index contributed by atoms with van der Waals surface area (Å²) in [5.41, 5.74) is 4.11. The lowest BCUT2D eigenvalue weighted by Crippen LogP contribution is -2.22. The van der Waals surface area contributed by atoms with Gasteiger partial charge in [-0.25, -0.2) is 4.39 Å². The van der Waals surface area contributed by atoms with Gasteiger partial charge in [-0.15, -0.1) is 0 Å². The van der Waals surface area contributed by atoms with Crippen LogP contribution in [0.25, 0.3) is 11.3 Å². The molecule has 0 bridgehead atoms. The van der Waals surface area contributed by atoms with Crippen LogP contribution in [0.15, 0.2) is 54.6 Å². The molecule has 5 heteroatoms. The minimum atomic E-state index is -0.230. The molecular formula is C21H22FN3O. The molecule has 1 aliphatic rings. The average molecular weight is 351 g/mol. The Morgan fingerprint density at radius 1 is 1.08 bits per heavy atom. The Bertz CT molecular complexity index is 889. The van der Waals surface area contributed by atoms with Crippen molar-refractivity contribution in [1.82, 2.24) is 14.7 Å². The van der Waals surface area contributed by atoms with Crippen LogP contribution < -0.4 is 4.74 Å². The quantitative estimate of drug-likeness (QED) is 0.709. The van der Waals surface area contributed by atoms with E-state index in [4.69, 9.17) is 9.84 Å². The predicted molar refractivity (Wildman–Crippen MR) is 99.3 cm³/mol. The normalized spacial score (nSPS) is 14.7. The first-order valence-corrected chi connectivity index (χ1v) is 8.89. The van der Waals surface area contributed by atoms with Crippen LogP contribution in [-0.2, 0) is 19.6 Å². The first kappa shape index (κ1) is 16.8. The van der Waals surface area contributed by atoms with Crippen LogP contribution in [0.1, 0.15) is 17.7 Å². The second-order valence-corrected chi connectivity index (χ2v) is 6.67. The van der Waals surface area contributed by atoms with Crippen LogP contribution in [0.4, 0.5) is 4.39 Å². The van der Waals surface area contributed by atoms with Gasteiger partial charge in [-0.2, -0.15) is 5.10 Å². The maximum atomic E-state index is 13.5. The third-order valence-corrected chi connectivity index (χ3v) is 4.78. The molecule has 134 valence electrons. The number of methoxy groups -OCH3 is 1. The number of fused-ring (bicyclic) bond motifs is 1. The molecule has 26 heavy (non-hydrogen) atoms. The zero-order chi connectivity index (χ0) is 17.9. The molecule has 2 heterocycles. The van der Waals surface area contributed by atoms with Gasteiger partial charge < -0.3 is 4.74 Å². The second kappa shape index (κ2) is 7.30. The molecule has 0 aliphatic carbocycles. The molecule has 3 aromatic rings. The molecule has 0 saturated heterocycles. The highest BCUT2D eigenvalue weighted by molar-refractivity contribution is 5.59. The maximum absolute atomic E-state index is 13.5. The zero-order valence-corrected chi connectivity index (χ0v) is 14.9. The molecule has 0 amide bonds. The van der Waals surface area contributed by atoms with Crippen molar-refractivity contribution in [1.29, 1.82) is 0 Å². The van der Waals surface area contributed by atoms with Crippen molar-refractivity contribution < 1.29 is 9.13 Å². The number of ether oxygens (including phenoxy) is 1. The fraction of sp³-hybridized carbons (Fsp3) is 0.286. The number of aromatic nitrogens is 2. The summed E-state index contributed by atoms with van der Waals surface area (Å²) in [7, 11) is 1.68. The Kier molecular flexibility index (Phi) is 4.71. The molecule has 0 fully saturated rings. The molecule has 0 atom stereocenters. The molecule has 0 radical (unpaired) electrons. The number of hydrogen-bond donors (Lipinski definition) is 0. The highest BCUT2D eigenvalue weighted by Gasteiger charge is 2.17. The fourth-order valence-corrected chi connectivity index (χ4v) is 3.44. The van der Waals surface area contributed by atoms with Gasteiger partial charge in [0.05, 0.1) is 18.5 Å². The smallest absolute Gasteiger partial charge is 0.123 e. The van der Waals surface area contributed by atoms with E-state index in [1.54, 1.807) is 13.2 Å². The highest BCUT2D eigenvalue weighted by atomic mass is 19.1. The first-order chi connectivity index (χ1) is 12.7. The van der Waals surface area contributed by atoms with Gasteiger partial charge in [-0.3, -0.25) is 9.58 Å². The summed E-state index contributed by atoms with van der Waals surface area (Å²) in [5.74, 6) is 0.647. The molecule has 0 saturated carbocycles. The largest absolute Gasteiger partial charge is 0.497 e. The number of hydrogen-bond acceptors (Lipinski definition) is 3. The summed E-state index contributed by atoms with van der Waals surface area (Å²) in [6, 6.07) is 16.9. The third kappa shape index (κ3) is 3.63. The second-order valence-electron chi connectivity index (χ2n) is 6.67. The standard InChI is InChI=1S/C21H22FN3O/c1-26-20-8-6-16(7-9-20)14-24-10-3-11-25-19(15-24)13-21(23-25)17-4-2-5-18(22)12-17/h2,4-9,12-13H,3,10-11,14-15H2,1H3. The van der Waals surface area contributed by atoms with Gasteiger partial charge >= 0.3 is 0 Å². The van der Waals surface area contributed by atoms with Crippen molar-refractivity contribution >= 4 is 0 Å². The van der Waals surface area contributed by atoms with Crippen molar-refractivity contribution in [2.24, 2.45) is 0 Å². The number of aryl methyl sites for hydroxylation is 1. The van der Waals surface area contributed by atoms with Crippen molar-refractivity contribution in [2.75, 3.05) is 13.7 Å². The summed E-state index contributed by atoms with van der Waals surface area (Å²) in [4.78, 5) is 2.43. The van der Waals surface area contributed by atoms with Crippen molar-refractivity contribution in [3.05, 3.63) is 71.7 Å². The van der Waals surface area contributed by atoms with E-state index in [9.17, 15) is 4.39 Å². The van der Waals surface area contributed by atoms with Crippen molar-refractivity contribution in [2.45, 2.75) is 26.1 Å². The molecule has 4 rings (SSSR count). The molecule has 1 aliphatic heterocycles. The number of rotatable bonds is 4. The molecule has 4 nitrogen and oxygen atoms in total. The SMILES string of the molecule is COc1ccc(CN2CCCn3nc(-c4cccc(F)c4)cc3C2)cc1. The Hall–Kier alpha value is -2.66. The van der Waals surface area contributed by atoms with Crippen LogP contribution >= 0.6 is 0 Å². The Morgan fingerprint density at radius 3 is 2.69 bits per heavy atom. The van der Waals surface area contributed by atoms with E-state index < -0.39 is 0 Å². The number of nitrogens with zero attached hydrogens (tertiary/aromatic N) is 3.